The molecule has 0 heterocycles. The van der Waals surface area contributed by atoms with Gasteiger partial charge in [-0.1, -0.05) is 0 Å². The minimum absolute atomic E-state index is 0.204. The van der Waals surface area contributed by atoms with Gasteiger partial charge in [0.2, 0.25) is 0 Å². The van der Waals surface area contributed by atoms with E-state index in [1.807, 2.05) is 20.8 Å². The first-order chi connectivity index (χ1) is 7.33. The van der Waals surface area contributed by atoms with Crippen LogP contribution in [0, 0.1) is 11.3 Å². The first-order valence-corrected chi connectivity index (χ1v) is 6.60. The molecule has 1 unspecified atom stereocenters. The Morgan fingerprint density at radius 1 is 1.44 bits per heavy atom. The number of carbonyl (C=O) groups excluding carboxylic acids is 1. The Morgan fingerprint density at radius 2 is 2.00 bits per heavy atom. The van der Waals surface area contributed by atoms with Crippen LogP contribution in [0.3, 0.4) is 0 Å². The van der Waals surface area contributed by atoms with Crippen LogP contribution in [0.4, 0.5) is 0 Å². The summed E-state index contributed by atoms with van der Waals surface area (Å²) in [5.41, 5.74) is -0.208. The van der Waals surface area contributed by atoms with Crippen LogP contribution in [0.1, 0.15) is 40.0 Å². The summed E-state index contributed by atoms with van der Waals surface area (Å²) >= 11 is 0. The zero-order chi connectivity index (χ0) is 12.0. The monoisotopic (exact) mass is 243 g/mol. The van der Waals surface area contributed by atoms with E-state index in [-0.39, 0.29) is 11.4 Å². The van der Waals surface area contributed by atoms with Crippen molar-refractivity contribution in [1.82, 2.24) is 0 Å². The molecule has 0 saturated heterocycles. The maximum atomic E-state index is 11.6. The second-order valence-electron chi connectivity index (χ2n) is 5.74. The van der Waals surface area contributed by atoms with E-state index in [9.17, 15) is 9.00 Å². The summed E-state index contributed by atoms with van der Waals surface area (Å²) in [6, 6.07) is 0. The molecule has 16 heavy (non-hydrogen) atoms. The van der Waals surface area contributed by atoms with Gasteiger partial charge < -0.3 is 4.74 Å². The summed E-state index contributed by atoms with van der Waals surface area (Å²) < 4.78 is 19.8. The molecule has 4 nitrogen and oxygen atoms in total. The van der Waals surface area contributed by atoms with Crippen LogP contribution >= 0.6 is 0 Å². The third-order valence-corrected chi connectivity index (χ3v) is 4.62. The van der Waals surface area contributed by atoms with Gasteiger partial charge in [0.05, 0.1) is 10.2 Å². The number of hydrogen-bond acceptors (Lipinski definition) is 3. The molecule has 0 N–H and O–H groups in total. The van der Waals surface area contributed by atoms with Gasteiger partial charge in [0.1, 0.15) is 11.0 Å². The van der Waals surface area contributed by atoms with Crippen molar-refractivity contribution >= 4 is 23.4 Å². The lowest BCUT2D eigenvalue weighted by Crippen LogP contribution is -2.57. The molecule has 3 saturated carbocycles. The molecule has 0 radical (unpaired) electrons. The second-order valence-corrected chi connectivity index (χ2v) is 7.67. The fourth-order valence-electron chi connectivity index (χ4n) is 2.12. The van der Waals surface area contributed by atoms with E-state index >= 15 is 0 Å². The fraction of sp³-hybridized carbons (Fsp3) is 0.818. The number of esters is 1. The Bertz CT molecular complexity index is 353. The van der Waals surface area contributed by atoms with Crippen LogP contribution in [0.15, 0.2) is 4.40 Å². The minimum atomic E-state index is -1.36. The van der Waals surface area contributed by atoms with Gasteiger partial charge in [-0.2, -0.15) is 4.40 Å². The maximum Gasteiger partial charge on any atom is 0.318 e. The molecule has 3 aliphatic carbocycles. The van der Waals surface area contributed by atoms with E-state index < -0.39 is 15.7 Å². The highest BCUT2D eigenvalue weighted by Crippen LogP contribution is 2.64. The highest BCUT2D eigenvalue weighted by molar-refractivity contribution is 7.85. The Labute approximate surface area is 98.1 Å². The Kier molecular flexibility index (Phi) is 2.69. The highest BCUT2D eigenvalue weighted by atomic mass is 32.2. The van der Waals surface area contributed by atoms with Crippen LogP contribution < -0.4 is 0 Å². The molecule has 1 atom stereocenters. The summed E-state index contributed by atoms with van der Waals surface area (Å²) in [7, 11) is -1.36. The van der Waals surface area contributed by atoms with Gasteiger partial charge in [0, 0.05) is 0 Å². The van der Waals surface area contributed by atoms with Crippen molar-refractivity contribution in [2.24, 2.45) is 15.7 Å². The standard InChI is InChI=1S/C11H17NO3S/c1-10(2,3)16(14)12-7-15-9(13)11-4-8(5-11)6-11/h7-8H,4-6H2,1-3H3/b12-7+. The van der Waals surface area contributed by atoms with Gasteiger partial charge in [-0.25, -0.2) is 4.21 Å². The zero-order valence-electron chi connectivity index (χ0n) is 9.86. The average molecular weight is 243 g/mol. The van der Waals surface area contributed by atoms with Gasteiger partial charge in [-0.3, -0.25) is 4.79 Å². The molecule has 0 aromatic rings. The first-order valence-electron chi connectivity index (χ1n) is 5.49. The molecule has 3 rings (SSSR count). The van der Waals surface area contributed by atoms with Gasteiger partial charge in [-0.05, 0) is 46.0 Å². The third kappa shape index (κ3) is 1.93. The number of hydrogen-bond donors (Lipinski definition) is 0. The van der Waals surface area contributed by atoms with Crippen molar-refractivity contribution in [3.8, 4) is 0 Å². The predicted molar refractivity (Wildman–Crippen MR) is 62.3 cm³/mol. The molecule has 2 bridgehead atoms. The average Bonchev–Trinajstić information content (AvgIpc) is 1.95. The van der Waals surface area contributed by atoms with Crippen LogP contribution in [0.5, 0.6) is 0 Å². The van der Waals surface area contributed by atoms with E-state index in [1.54, 1.807) is 0 Å². The Morgan fingerprint density at radius 3 is 2.38 bits per heavy atom. The molecule has 0 aliphatic heterocycles. The molecule has 0 aromatic heterocycles. The normalized spacial score (nSPS) is 34.1. The molecule has 3 aliphatic rings. The van der Waals surface area contributed by atoms with Crippen molar-refractivity contribution < 1.29 is 13.7 Å². The third-order valence-electron chi connectivity index (χ3n) is 3.29. The lowest BCUT2D eigenvalue weighted by Gasteiger charge is -2.58. The summed E-state index contributed by atoms with van der Waals surface area (Å²) in [6.45, 7) is 5.47. The lowest BCUT2D eigenvalue weighted by atomic mass is 9.44. The highest BCUT2D eigenvalue weighted by Gasteiger charge is 2.62. The smallest absolute Gasteiger partial charge is 0.318 e. The van der Waals surface area contributed by atoms with Crippen LogP contribution in [0.25, 0.3) is 0 Å². The SMILES string of the molecule is CC(C)(C)S(=O)/N=C/OC(=O)C12CC(C1)C2. The quantitative estimate of drug-likeness (QED) is 0.431. The molecule has 5 heteroatoms. The van der Waals surface area contributed by atoms with Crippen LogP contribution in [-0.2, 0) is 20.5 Å². The second kappa shape index (κ2) is 3.65. The van der Waals surface area contributed by atoms with Crippen molar-refractivity contribution in [3.63, 3.8) is 0 Å². The van der Waals surface area contributed by atoms with E-state index in [0.717, 1.165) is 31.6 Å². The summed E-state index contributed by atoms with van der Waals surface area (Å²) in [4.78, 5) is 11.6. The van der Waals surface area contributed by atoms with Gasteiger partial charge in [-0.15, -0.1) is 0 Å². The van der Waals surface area contributed by atoms with Gasteiger partial charge in [0.15, 0.2) is 6.40 Å². The molecule has 90 valence electrons. The largest absolute Gasteiger partial charge is 0.413 e. The predicted octanol–water partition coefficient (Wildman–Crippen LogP) is 1.82. The summed E-state index contributed by atoms with van der Waals surface area (Å²) in [6.07, 6.45) is 3.93. The number of ether oxygens (including phenoxy) is 1. The maximum absolute atomic E-state index is 11.6. The van der Waals surface area contributed by atoms with Crippen molar-refractivity contribution in [2.75, 3.05) is 0 Å². The molecule has 0 amide bonds. The first kappa shape index (κ1) is 11.8. The van der Waals surface area contributed by atoms with Crippen molar-refractivity contribution in [1.29, 1.82) is 0 Å². The van der Waals surface area contributed by atoms with E-state index in [2.05, 4.69) is 4.40 Å². The van der Waals surface area contributed by atoms with Crippen LogP contribution in [-0.4, -0.2) is 21.3 Å². The van der Waals surface area contributed by atoms with E-state index in [1.165, 1.54) is 0 Å². The van der Waals surface area contributed by atoms with Gasteiger partial charge >= 0.3 is 5.97 Å². The molecule has 0 spiro atoms. The Hall–Kier alpha value is -0.710. The Balaban J connectivity index is 1.81. The van der Waals surface area contributed by atoms with Gasteiger partial charge in [0.25, 0.3) is 0 Å². The summed E-state index contributed by atoms with van der Waals surface area (Å²) in [5.74, 6) is 0.540. The van der Waals surface area contributed by atoms with E-state index in [4.69, 9.17) is 4.74 Å². The molecule has 0 aromatic carbocycles. The van der Waals surface area contributed by atoms with Crippen molar-refractivity contribution in [2.45, 2.75) is 44.8 Å². The fourth-order valence-corrected chi connectivity index (χ4v) is 2.56. The minimum Gasteiger partial charge on any atom is -0.413 e. The zero-order valence-corrected chi connectivity index (χ0v) is 10.7. The number of nitrogens with zero attached hydrogens (tertiary/aromatic N) is 1. The topological polar surface area (TPSA) is 55.7 Å². The number of rotatable bonds is 3. The molecular formula is C11H17NO3S. The molecular weight excluding hydrogens is 226 g/mol. The summed E-state index contributed by atoms with van der Waals surface area (Å²) in [5, 5.41) is 0. The van der Waals surface area contributed by atoms with E-state index in [0.29, 0.717) is 0 Å². The lowest BCUT2D eigenvalue weighted by molar-refractivity contribution is -0.181. The van der Waals surface area contributed by atoms with Crippen LogP contribution in [0.2, 0.25) is 0 Å². The molecule has 3 fully saturated rings. The number of carbonyl (C=O) groups is 1. The van der Waals surface area contributed by atoms with Crippen molar-refractivity contribution in [3.05, 3.63) is 0 Å².